The molecule has 0 spiro atoms. The smallest absolute Gasteiger partial charge is 0.239 e. The van der Waals surface area contributed by atoms with Crippen molar-refractivity contribution >= 4 is 39.0 Å². The molecule has 3 heterocycles. The maximum atomic E-state index is 12.8. The van der Waals surface area contributed by atoms with Crippen LogP contribution in [0.4, 0.5) is 5.95 Å². The van der Waals surface area contributed by atoms with Gasteiger partial charge in [0.2, 0.25) is 10.0 Å². The van der Waals surface area contributed by atoms with Crippen molar-refractivity contribution in [2.24, 2.45) is 5.14 Å². The van der Waals surface area contributed by atoms with Gasteiger partial charge in [0.1, 0.15) is 4.90 Å². The zero-order valence-electron chi connectivity index (χ0n) is 17.0. The average molecular weight is 489 g/mol. The van der Waals surface area contributed by atoms with Crippen molar-refractivity contribution in [3.63, 3.8) is 0 Å². The van der Waals surface area contributed by atoms with Crippen molar-refractivity contribution in [1.82, 2.24) is 40.6 Å². The molecule has 0 radical (unpaired) electrons. The van der Waals surface area contributed by atoms with E-state index in [1.807, 2.05) is 6.07 Å². The molecule has 2 aromatic carbocycles. The van der Waals surface area contributed by atoms with Crippen LogP contribution in [0.2, 0.25) is 0 Å². The second kappa shape index (κ2) is 8.36. The van der Waals surface area contributed by atoms with Crippen LogP contribution in [0.3, 0.4) is 0 Å². The molecule has 2 aromatic heterocycles. The zero-order valence-corrected chi connectivity index (χ0v) is 18.6. The van der Waals surface area contributed by atoms with Crippen molar-refractivity contribution in [3.8, 4) is 22.5 Å². The Hall–Kier alpha value is -3.08. The summed E-state index contributed by atoms with van der Waals surface area (Å²) in [6.07, 6.45) is -0.602. The number of para-hydroxylation sites is 1. The molecule has 0 amide bonds. The Labute approximate surface area is 191 Å². The van der Waals surface area contributed by atoms with Crippen molar-refractivity contribution in [2.75, 3.05) is 18.8 Å². The number of anilines is 1. The highest BCUT2D eigenvalue weighted by atomic mass is 32.2. The second-order valence-corrected chi connectivity index (χ2v) is 9.86. The highest BCUT2D eigenvalue weighted by Gasteiger charge is 2.29. The molecule has 5 rings (SSSR count). The number of nitrogen functional groups attached to an aromatic ring is 1. The number of hydrogen-bond donors (Lipinski definition) is 7. The molecule has 4 aromatic rings. The summed E-state index contributed by atoms with van der Waals surface area (Å²) in [6.45, 7) is 0.989. The fraction of sp³-hybridized carbons (Fsp3) is 0.222. The standard InChI is InChI=1S/C18H20N10O3S2/c19-18-22-10-3-1-2-9(15(10)23-18)8-4-5-13(32-26-11-6-21-7-12(11)29)16(33(20,30)31)14(8)17-24-27-28-25-17/h1-5,11-12,21,26,29H,6-7H2,(H3,19,22,23)(H2,20,30,31)(H,24,25,27,28)/t11-,12-/m0/s1. The van der Waals surface area contributed by atoms with E-state index in [9.17, 15) is 13.5 Å². The number of H-pyrrole nitrogens is 2. The number of benzene rings is 2. The minimum Gasteiger partial charge on any atom is -0.390 e. The molecular weight excluding hydrogens is 468 g/mol. The lowest BCUT2D eigenvalue weighted by molar-refractivity contribution is 0.174. The largest absolute Gasteiger partial charge is 0.390 e. The van der Waals surface area contributed by atoms with E-state index in [0.717, 1.165) is 11.9 Å². The number of aromatic nitrogens is 6. The molecule has 0 aliphatic carbocycles. The molecule has 2 atom stereocenters. The lowest BCUT2D eigenvalue weighted by atomic mass is 9.98. The molecule has 0 bridgehead atoms. The van der Waals surface area contributed by atoms with Crippen molar-refractivity contribution in [3.05, 3.63) is 30.3 Å². The number of nitrogens with zero attached hydrogens (tertiary/aromatic N) is 4. The maximum Gasteiger partial charge on any atom is 0.239 e. The molecule has 9 N–H and O–H groups in total. The van der Waals surface area contributed by atoms with Gasteiger partial charge in [0.05, 0.1) is 23.2 Å². The first kappa shape index (κ1) is 21.7. The Morgan fingerprint density at radius 1 is 1.18 bits per heavy atom. The van der Waals surface area contributed by atoms with Crippen LogP contribution in [-0.4, -0.2) is 69.4 Å². The molecule has 1 saturated heterocycles. The summed E-state index contributed by atoms with van der Waals surface area (Å²) in [5.74, 6) is 0.353. The van der Waals surface area contributed by atoms with Gasteiger partial charge in [-0.2, -0.15) is 0 Å². The van der Waals surface area contributed by atoms with Crippen LogP contribution in [0.1, 0.15) is 0 Å². The second-order valence-electron chi connectivity index (χ2n) is 7.49. The normalized spacial score (nSPS) is 18.8. The number of hydrogen-bond acceptors (Lipinski definition) is 11. The van der Waals surface area contributed by atoms with E-state index in [1.54, 1.807) is 24.3 Å². The van der Waals surface area contributed by atoms with E-state index >= 15 is 0 Å². The Morgan fingerprint density at radius 2 is 2.03 bits per heavy atom. The van der Waals surface area contributed by atoms with Gasteiger partial charge in [-0.15, -0.1) is 5.10 Å². The number of nitrogens with two attached hydrogens (primary N) is 2. The summed E-state index contributed by atoms with van der Waals surface area (Å²) >= 11 is 1.06. The third kappa shape index (κ3) is 4.05. The van der Waals surface area contributed by atoms with Gasteiger partial charge in [-0.1, -0.05) is 18.2 Å². The predicted molar refractivity (Wildman–Crippen MR) is 122 cm³/mol. The van der Waals surface area contributed by atoms with Crippen LogP contribution in [0.25, 0.3) is 33.5 Å². The van der Waals surface area contributed by atoms with Gasteiger partial charge in [-0.25, -0.2) is 23.6 Å². The number of tetrazole rings is 1. The van der Waals surface area contributed by atoms with E-state index in [4.69, 9.17) is 10.9 Å². The summed E-state index contributed by atoms with van der Waals surface area (Å²) in [6, 6.07) is 8.53. The van der Waals surface area contributed by atoms with Crippen LogP contribution in [0, 0.1) is 0 Å². The Bertz CT molecular complexity index is 1420. The summed E-state index contributed by atoms with van der Waals surface area (Å²) in [5, 5.41) is 32.6. The van der Waals surface area contributed by atoms with Gasteiger partial charge in [-0.3, -0.25) is 4.72 Å². The number of aromatic amines is 2. The lowest BCUT2D eigenvalue weighted by Crippen LogP contribution is -2.34. The Kier molecular flexibility index (Phi) is 5.51. The van der Waals surface area contributed by atoms with Crippen molar-refractivity contribution < 1.29 is 13.5 Å². The topological polar surface area (TPSA) is 214 Å². The minimum atomic E-state index is -4.24. The number of aliphatic hydroxyl groups is 1. The van der Waals surface area contributed by atoms with E-state index in [0.29, 0.717) is 40.1 Å². The molecule has 172 valence electrons. The monoisotopic (exact) mass is 488 g/mol. The summed E-state index contributed by atoms with van der Waals surface area (Å²) in [5.41, 5.74) is 8.42. The van der Waals surface area contributed by atoms with E-state index in [-0.39, 0.29) is 28.3 Å². The fourth-order valence-electron chi connectivity index (χ4n) is 3.84. The number of rotatable bonds is 6. The lowest BCUT2D eigenvalue weighted by Gasteiger charge is -2.19. The molecule has 1 aliphatic rings. The van der Waals surface area contributed by atoms with Crippen molar-refractivity contribution in [2.45, 2.75) is 21.9 Å². The predicted octanol–water partition coefficient (Wildman–Crippen LogP) is -0.431. The summed E-state index contributed by atoms with van der Waals surface area (Å²) in [7, 11) is -4.24. The van der Waals surface area contributed by atoms with Gasteiger partial charge in [0.25, 0.3) is 0 Å². The SMILES string of the molecule is Nc1nc2c(-c3ccc(SN[C@H]4CNC[C@@H]4O)c(S(N)(=O)=O)c3-c3nnn[nH]3)cccc2[nH]1. The third-order valence-electron chi connectivity index (χ3n) is 5.31. The highest BCUT2D eigenvalue weighted by molar-refractivity contribution is 7.98. The first-order valence-corrected chi connectivity index (χ1v) is 12.2. The van der Waals surface area contributed by atoms with E-state index in [2.05, 4.69) is 40.6 Å². The number of fused-ring (bicyclic) bond motifs is 1. The fourth-order valence-corrected chi connectivity index (χ4v) is 6.01. The highest BCUT2D eigenvalue weighted by Crippen LogP contribution is 2.41. The average Bonchev–Trinajstić information content (AvgIpc) is 3.51. The minimum absolute atomic E-state index is 0.125. The molecule has 1 fully saturated rings. The molecule has 13 nitrogen and oxygen atoms in total. The van der Waals surface area contributed by atoms with Gasteiger partial charge < -0.3 is 21.1 Å². The quantitative estimate of drug-likeness (QED) is 0.173. The Balaban J connectivity index is 1.72. The maximum absolute atomic E-state index is 12.8. The number of primary sulfonamides is 1. The molecule has 0 saturated carbocycles. The van der Waals surface area contributed by atoms with Gasteiger partial charge in [-0.05, 0) is 40.1 Å². The van der Waals surface area contributed by atoms with Crippen LogP contribution in [-0.2, 0) is 10.0 Å². The summed E-state index contributed by atoms with van der Waals surface area (Å²) in [4.78, 5) is 7.50. The first-order valence-electron chi connectivity index (χ1n) is 9.82. The van der Waals surface area contributed by atoms with Gasteiger partial charge in [0, 0.05) is 29.1 Å². The Morgan fingerprint density at radius 3 is 2.73 bits per heavy atom. The van der Waals surface area contributed by atoms with Crippen LogP contribution < -0.4 is 20.9 Å². The van der Waals surface area contributed by atoms with Crippen LogP contribution in [0.15, 0.2) is 40.1 Å². The van der Waals surface area contributed by atoms with Crippen molar-refractivity contribution in [1.29, 1.82) is 0 Å². The zero-order chi connectivity index (χ0) is 23.2. The van der Waals surface area contributed by atoms with E-state index < -0.39 is 16.1 Å². The van der Waals surface area contributed by atoms with Crippen LogP contribution >= 0.6 is 11.9 Å². The molecule has 0 unspecified atom stereocenters. The van der Waals surface area contributed by atoms with E-state index in [1.165, 1.54) is 0 Å². The van der Waals surface area contributed by atoms with Crippen LogP contribution in [0.5, 0.6) is 0 Å². The number of β-amino-alcohol motifs (C(OH)–C–C–N with tert-alkyl or cyclic N) is 1. The van der Waals surface area contributed by atoms with Gasteiger partial charge in [0.15, 0.2) is 11.8 Å². The third-order valence-corrected chi connectivity index (χ3v) is 7.41. The first-order chi connectivity index (χ1) is 15.8. The number of nitrogens with one attached hydrogen (secondary N) is 4. The molecular formula is C18H20N10O3S2. The molecule has 1 aliphatic heterocycles. The number of aliphatic hydroxyl groups excluding tert-OH is 1. The number of imidazole rings is 1. The summed E-state index contributed by atoms with van der Waals surface area (Å²) < 4.78 is 28.8. The number of sulfonamides is 1. The molecule has 15 heteroatoms. The molecule has 33 heavy (non-hydrogen) atoms. The van der Waals surface area contributed by atoms with Gasteiger partial charge >= 0.3 is 0 Å².